The van der Waals surface area contributed by atoms with Gasteiger partial charge in [0.2, 0.25) is 0 Å². The number of hydrogen-bond donors (Lipinski definition) is 2. The topological polar surface area (TPSA) is 72.6 Å². The van der Waals surface area contributed by atoms with Crippen LogP contribution in [0.25, 0.3) is 6.08 Å². The smallest absolute Gasteiger partial charge is 0.270 e. The molecular weight excluding hydrogens is 493 g/mol. The van der Waals surface area contributed by atoms with Crippen molar-refractivity contribution in [1.29, 1.82) is 0 Å². The van der Waals surface area contributed by atoms with E-state index in [1.165, 1.54) is 13.3 Å². The van der Waals surface area contributed by atoms with Crippen molar-refractivity contribution in [3.05, 3.63) is 82.1 Å². The van der Waals surface area contributed by atoms with Crippen LogP contribution in [0.15, 0.2) is 59.6 Å². The highest BCUT2D eigenvalue weighted by molar-refractivity contribution is 6.31. The lowest BCUT2D eigenvalue weighted by molar-refractivity contribution is 0.0145. The Morgan fingerprint density at radius 3 is 2.61 bits per heavy atom. The van der Waals surface area contributed by atoms with Crippen molar-refractivity contribution in [2.45, 2.75) is 25.9 Å². The summed E-state index contributed by atoms with van der Waals surface area (Å²) in [6, 6.07) is 4.70. The fraction of sp³-hybridized carbons (Fsp3) is 0.346. The van der Waals surface area contributed by atoms with Crippen LogP contribution in [0.3, 0.4) is 0 Å². The Balaban J connectivity index is 1.91. The van der Waals surface area contributed by atoms with E-state index >= 15 is 0 Å². The van der Waals surface area contributed by atoms with E-state index in [2.05, 4.69) is 21.8 Å². The first-order valence-corrected chi connectivity index (χ1v) is 11.7. The molecule has 3 rings (SSSR count). The van der Waals surface area contributed by atoms with Gasteiger partial charge in [-0.05, 0) is 37.3 Å². The number of hydrogen-bond acceptors (Lipinski definition) is 6. The summed E-state index contributed by atoms with van der Waals surface area (Å²) in [5.41, 5.74) is 7.00. The van der Waals surface area contributed by atoms with Crippen molar-refractivity contribution < 1.29 is 22.6 Å². The molecule has 10 heteroatoms. The Labute approximate surface area is 214 Å². The third-order valence-corrected chi connectivity index (χ3v) is 5.88. The predicted molar refractivity (Wildman–Crippen MR) is 136 cm³/mol. The lowest BCUT2D eigenvalue weighted by atomic mass is 9.98. The maximum absolute atomic E-state index is 14.1. The molecule has 0 bridgehead atoms. The number of benzene rings is 1. The number of nitrogens with two attached hydrogens (primary N) is 1. The normalized spacial score (nSPS) is 16.0. The Morgan fingerprint density at radius 1 is 1.31 bits per heavy atom. The van der Waals surface area contributed by atoms with Gasteiger partial charge in [-0.3, -0.25) is 0 Å². The second-order valence-corrected chi connectivity index (χ2v) is 8.91. The molecule has 2 heterocycles. The van der Waals surface area contributed by atoms with Crippen molar-refractivity contribution in [3.8, 4) is 5.75 Å². The van der Waals surface area contributed by atoms with Gasteiger partial charge < -0.3 is 25.4 Å². The SMILES string of the molecule is C=C(Cl)/C(=C\C(=C\c1cnc(N)c(OC(C)c2cc(F)ccc2C(C)(F)F)c1)OC)N1CCNCC1. The molecule has 3 N–H and O–H groups in total. The van der Waals surface area contributed by atoms with Gasteiger partial charge in [-0.15, -0.1) is 0 Å². The molecule has 1 aromatic carbocycles. The summed E-state index contributed by atoms with van der Waals surface area (Å²) >= 11 is 6.26. The van der Waals surface area contributed by atoms with Gasteiger partial charge in [-0.2, -0.15) is 0 Å². The number of alkyl halides is 2. The number of ether oxygens (including phenoxy) is 2. The number of rotatable bonds is 9. The number of pyridine rings is 1. The summed E-state index contributed by atoms with van der Waals surface area (Å²) in [4.78, 5) is 6.26. The van der Waals surface area contributed by atoms with Crippen LogP contribution in [0.5, 0.6) is 5.75 Å². The van der Waals surface area contributed by atoms with Crippen molar-refractivity contribution in [2.75, 3.05) is 39.0 Å². The molecule has 1 saturated heterocycles. The van der Waals surface area contributed by atoms with Gasteiger partial charge in [0.15, 0.2) is 11.6 Å². The quantitative estimate of drug-likeness (QED) is 0.331. The number of methoxy groups -OCH3 is 1. The number of anilines is 1. The average Bonchev–Trinajstić information content (AvgIpc) is 2.83. The van der Waals surface area contributed by atoms with E-state index in [-0.39, 0.29) is 22.7 Å². The number of aromatic nitrogens is 1. The maximum atomic E-state index is 14.1. The van der Waals surface area contributed by atoms with Gasteiger partial charge in [0.25, 0.3) is 5.92 Å². The largest absolute Gasteiger partial charge is 0.497 e. The molecule has 1 unspecified atom stereocenters. The highest BCUT2D eigenvalue weighted by atomic mass is 35.5. The third-order valence-electron chi connectivity index (χ3n) is 5.69. The summed E-state index contributed by atoms with van der Waals surface area (Å²) in [6.45, 7) is 9.35. The molecule has 1 aliphatic heterocycles. The van der Waals surface area contributed by atoms with Crippen LogP contribution in [0.1, 0.15) is 36.6 Å². The minimum absolute atomic E-state index is 0.0182. The van der Waals surface area contributed by atoms with E-state index in [9.17, 15) is 13.2 Å². The Morgan fingerprint density at radius 2 is 2.00 bits per heavy atom. The van der Waals surface area contributed by atoms with Crippen LogP contribution >= 0.6 is 11.6 Å². The summed E-state index contributed by atoms with van der Waals surface area (Å²) in [5.74, 6) is -3.12. The monoisotopic (exact) mass is 522 g/mol. The van der Waals surface area contributed by atoms with E-state index in [0.29, 0.717) is 16.4 Å². The fourth-order valence-corrected chi connectivity index (χ4v) is 4.05. The van der Waals surface area contributed by atoms with Crippen LogP contribution in [-0.4, -0.2) is 43.2 Å². The predicted octanol–water partition coefficient (Wildman–Crippen LogP) is 5.58. The number of halogens is 4. The van der Waals surface area contributed by atoms with Gasteiger partial charge in [0.05, 0.1) is 17.8 Å². The zero-order chi connectivity index (χ0) is 26.5. The first kappa shape index (κ1) is 27.4. The standard InChI is InChI=1S/C26H30ClF3N4O2/c1-16(27)23(34-9-7-32-8-10-34)14-20(35-4)11-18-12-24(25(31)33-15-18)36-17(2)21-13-19(28)5-6-22(21)26(3,29)30/h5-6,11-15,17,32H,1,7-10H2,2-4H3,(H2,31,33)/b20-11-,23-14+. The third kappa shape index (κ3) is 6.95. The molecule has 1 fully saturated rings. The molecule has 1 aliphatic rings. The molecule has 0 amide bonds. The molecule has 194 valence electrons. The van der Waals surface area contributed by atoms with E-state index < -0.39 is 17.8 Å². The summed E-state index contributed by atoms with van der Waals surface area (Å²) < 4.78 is 53.5. The second-order valence-electron chi connectivity index (χ2n) is 8.45. The van der Waals surface area contributed by atoms with Crippen LogP contribution < -0.4 is 15.8 Å². The van der Waals surface area contributed by atoms with E-state index in [0.717, 1.165) is 57.0 Å². The molecule has 6 nitrogen and oxygen atoms in total. The average molecular weight is 523 g/mol. The molecule has 1 aromatic heterocycles. The van der Waals surface area contributed by atoms with Gasteiger partial charge in [-0.25, -0.2) is 18.2 Å². The fourth-order valence-electron chi connectivity index (χ4n) is 3.87. The number of nitrogens with one attached hydrogen (secondary N) is 1. The van der Waals surface area contributed by atoms with E-state index in [1.54, 1.807) is 25.1 Å². The Hall–Kier alpha value is -3.17. The minimum Gasteiger partial charge on any atom is -0.497 e. The summed E-state index contributed by atoms with van der Waals surface area (Å²) in [6.07, 6.45) is 4.08. The van der Waals surface area contributed by atoms with Gasteiger partial charge >= 0.3 is 0 Å². The molecule has 0 spiro atoms. The molecule has 2 aromatic rings. The summed E-state index contributed by atoms with van der Waals surface area (Å²) in [7, 11) is 1.52. The maximum Gasteiger partial charge on any atom is 0.270 e. The minimum atomic E-state index is -3.18. The first-order valence-electron chi connectivity index (χ1n) is 11.4. The number of piperazine rings is 1. The molecule has 0 radical (unpaired) electrons. The number of nitrogens with zero attached hydrogens (tertiary/aromatic N) is 2. The van der Waals surface area contributed by atoms with Crippen LogP contribution in [-0.2, 0) is 10.7 Å². The second kappa shape index (κ2) is 11.7. The lowest BCUT2D eigenvalue weighted by Crippen LogP contribution is -2.42. The first-order chi connectivity index (χ1) is 17.0. The summed E-state index contributed by atoms with van der Waals surface area (Å²) in [5, 5.41) is 3.67. The van der Waals surface area contributed by atoms with E-state index in [1.807, 2.05) is 0 Å². The van der Waals surface area contributed by atoms with Crippen LogP contribution in [0.4, 0.5) is 19.0 Å². The van der Waals surface area contributed by atoms with Gasteiger partial charge in [0, 0.05) is 62.1 Å². The van der Waals surface area contributed by atoms with Gasteiger partial charge in [0.1, 0.15) is 17.7 Å². The zero-order valence-electron chi connectivity index (χ0n) is 20.5. The van der Waals surface area contributed by atoms with Crippen molar-refractivity contribution in [3.63, 3.8) is 0 Å². The zero-order valence-corrected chi connectivity index (χ0v) is 21.2. The number of nitrogen functional groups attached to an aromatic ring is 1. The molecule has 0 saturated carbocycles. The highest BCUT2D eigenvalue weighted by Crippen LogP contribution is 2.36. The molecule has 0 aliphatic carbocycles. The Bertz CT molecular complexity index is 1160. The lowest BCUT2D eigenvalue weighted by Gasteiger charge is -2.31. The Kier molecular flexibility index (Phi) is 8.92. The van der Waals surface area contributed by atoms with Crippen LogP contribution in [0, 0.1) is 5.82 Å². The van der Waals surface area contributed by atoms with Crippen molar-refractivity contribution in [2.24, 2.45) is 0 Å². The molecule has 1 atom stereocenters. The van der Waals surface area contributed by atoms with Crippen molar-refractivity contribution >= 4 is 23.5 Å². The number of allylic oxidation sites excluding steroid dienone is 2. The molecule has 36 heavy (non-hydrogen) atoms. The molecular formula is C26H30ClF3N4O2. The van der Waals surface area contributed by atoms with E-state index in [4.69, 9.17) is 26.8 Å². The van der Waals surface area contributed by atoms with Gasteiger partial charge in [-0.1, -0.05) is 18.2 Å². The van der Waals surface area contributed by atoms with Crippen LogP contribution in [0.2, 0.25) is 0 Å². The highest BCUT2D eigenvalue weighted by Gasteiger charge is 2.30. The van der Waals surface area contributed by atoms with Crippen molar-refractivity contribution in [1.82, 2.24) is 15.2 Å².